The van der Waals surface area contributed by atoms with E-state index in [0.29, 0.717) is 16.4 Å². The van der Waals surface area contributed by atoms with Crippen molar-refractivity contribution in [2.24, 2.45) is 4.99 Å². The van der Waals surface area contributed by atoms with Crippen molar-refractivity contribution in [2.75, 3.05) is 0 Å². The van der Waals surface area contributed by atoms with E-state index in [-0.39, 0.29) is 11.6 Å². The van der Waals surface area contributed by atoms with Crippen LogP contribution in [-0.4, -0.2) is 21.6 Å². The van der Waals surface area contributed by atoms with Crippen LogP contribution in [0.2, 0.25) is 5.15 Å². The molecule has 146 valence electrons. The number of hydrogen-bond acceptors (Lipinski definition) is 4. The zero-order valence-electron chi connectivity index (χ0n) is 16.0. The molecule has 0 unspecified atom stereocenters. The van der Waals surface area contributed by atoms with Gasteiger partial charge in [0.2, 0.25) is 5.90 Å². The third-order valence-corrected chi connectivity index (χ3v) is 5.33. The topological polar surface area (TPSA) is 56.5 Å². The van der Waals surface area contributed by atoms with Gasteiger partial charge in [0, 0.05) is 11.1 Å². The smallest absolute Gasteiger partial charge is 0.363 e. The molecule has 0 spiro atoms. The van der Waals surface area contributed by atoms with Crippen molar-refractivity contribution in [3.05, 3.63) is 100 Å². The van der Waals surface area contributed by atoms with E-state index in [1.54, 1.807) is 10.8 Å². The second-order valence-electron chi connectivity index (χ2n) is 6.90. The molecule has 2 heterocycles. The fourth-order valence-electron chi connectivity index (χ4n) is 3.49. The van der Waals surface area contributed by atoms with Gasteiger partial charge < -0.3 is 4.74 Å². The number of rotatable bonds is 3. The molecule has 6 heteroatoms. The number of carbonyl (C=O) groups is 1. The van der Waals surface area contributed by atoms with Crippen molar-refractivity contribution in [1.82, 2.24) is 9.78 Å². The molecule has 0 bridgehead atoms. The lowest BCUT2D eigenvalue weighted by Gasteiger charge is -2.04. The van der Waals surface area contributed by atoms with Gasteiger partial charge in [0.05, 0.1) is 11.4 Å². The van der Waals surface area contributed by atoms with E-state index in [4.69, 9.17) is 16.3 Å². The lowest BCUT2D eigenvalue weighted by atomic mass is 10.0. The molecule has 0 atom stereocenters. The average Bonchev–Trinajstić information content (AvgIpc) is 3.28. The third kappa shape index (κ3) is 3.09. The van der Waals surface area contributed by atoms with E-state index in [0.717, 1.165) is 22.0 Å². The Morgan fingerprint density at radius 1 is 0.967 bits per heavy atom. The van der Waals surface area contributed by atoms with E-state index in [9.17, 15) is 4.79 Å². The van der Waals surface area contributed by atoms with Crippen LogP contribution < -0.4 is 0 Å². The number of aliphatic imine (C=N–C) groups is 1. The fraction of sp³-hybridized carbons (Fsp3) is 0.0417. The van der Waals surface area contributed by atoms with Crippen molar-refractivity contribution >= 4 is 40.3 Å². The Hall–Kier alpha value is -3.70. The lowest BCUT2D eigenvalue weighted by molar-refractivity contribution is -0.129. The van der Waals surface area contributed by atoms with Gasteiger partial charge in [-0.05, 0) is 42.0 Å². The maximum atomic E-state index is 12.5. The minimum Gasteiger partial charge on any atom is -0.402 e. The highest BCUT2D eigenvalue weighted by molar-refractivity contribution is 6.31. The SMILES string of the molecule is Cc1nn(-c2ccccc2)c(Cl)c1C=C1N=C(c2cccc3ccccc23)OC1=O. The van der Waals surface area contributed by atoms with Gasteiger partial charge in [0.15, 0.2) is 5.70 Å². The number of aryl methyl sites for hydroxylation is 1. The molecule has 1 aliphatic heterocycles. The molecular formula is C24H16ClN3O2. The minimum atomic E-state index is -0.513. The molecule has 0 aliphatic carbocycles. The molecule has 5 nitrogen and oxygen atoms in total. The maximum Gasteiger partial charge on any atom is 0.363 e. The highest BCUT2D eigenvalue weighted by Gasteiger charge is 2.26. The van der Waals surface area contributed by atoms with Crippen LogP contribution in [0.15, 0.2) is 83.5 Å². The molecule has 0 N–H and O–H groups in total. The Balaban J connectivity index is 1.58. The second kappa shape index (κ2) is 7.28. The first-order chi connectivity index (χ1) is 14.6. The van der Waals surface area contributed by atoms with Crippen molar-refractivity contribution in [3.63, 3.8) is 0 Å². The Bertz CT molecular complexity index is 1350. The quantitative estimate of drug-likeness (QED) is 0.337. The van der Waals surface area contributed by atoms with E-state index in [1.807, 2.05) is 79.7 Å². The number of halogens is 1. The van der Waals surface area contributed by atoms with Crippen LogP contribution in [-0.2, 0) is 9.53 Å². The van der Waals surface area contributed by atoms with E-state index >= 15 is 0 Å². The van der Waals surface area contributed by atoms with Gasteiger partial charge >= 0.3 is 5.97 Å². The van der Waals surface area contributed by atoms with Gasteiger partial charge in [-0.15, -0.1) is 0 Å². The van der Waals surface area contributed by atoms with Crippen LogP contribution in [0.1, 0.15) is 16.8 Å². The van der Waals surface area contributed by atoms with Crippen LogP contribution in [0, 0.1) is 6.92 Å². The molecule has 0 amide bonds. The number of benzene rings is 3. The molecule has 1 aliphatic rings. The number of esters is 1. The number of para-hydroxylation sites is 1. The summed E-state index contributed by atoms with van der Waals surface area (Å²) in [6.07, 6.45) is 1.63. The Morgan fingerprint density at radius 3 is 2.53 bits per heavy atom. The summed E-state index contributed by atoms with van der Waals surface area (Å²) in [5.74, 6) is -0.229. The fourth-order valence-corrected chi connectivity index (χ4v) is 3.82. The predicted molar refractivity (Wildman–Crippen MR) is 118 cm³/mol. The highest BCUT2D eigenvalue weighted by atomic mass is 35.5. The molecule has 5 rings (SSSR count). The minimum absolute atomic E-state index is 0.190. The lowest BCUT2D eigenvalue weighted by Crippen LogP contribution is -2.05. The van der Waals surface area contributed by atoms with Gasteiger partial charge in [-0.2, -0.15) is 5.10 Å². The van der Waals surface area contributed by atoms with Crippen LogP contribution in [0.4, 0.5) is 0 Å². The summed E-state index contributed by atoms with van der Waals surface area (Å²) >= 11 is 6.58. The number of aromatic nitrogens is 2. The summed E-state index contributed by atoms with van der Waals surface area (Å²) in [4.78, 5) is 17.0. The third-order valence-electron chi connectivity index (χ3n) is 4.97. The monoisotopic (exact) mass is 413 g/mol. The highest BCUT2D eigenvalue weighted by Crippen LogP contribution is 2.29. The molecular weight excluding hydrogens is 398 g/mol. The summed E-state index contributed by atoms with van der Waals surface area (Å²) in [5, 5.41) is 6.94. The molecule has 30 heavy (non-hydrogen) atoms. The van der Waals surface area contributed by atoms with Crippen molar-refractivity contribution < 1.29 is 9.53 Å². The Kier molecular flexibility index (Phi) is 4.45. The first-order valence-corrected chi connectivity index (χ1v) is 9.81. The number of cyclic esters (lactones) is 1. The number of ether oxygens (including phenoxy) is 1. The number of carbonyl (C=O) groups excluding carboxylic acids is 1. The van der Waals surface area contributed by atoms with Crippen LogP contribution in [0.5, 0.6) is 0 Å². The number of hydrogen-bond donors (Lipinski definition) is 0. The molecule has 0 saturated carbocycles. The number of fused-ring (bicyclic) bond motifs is 1. The van der Waals surface area contributed by atoms with Gasteiger partial charge in [-0.25, -0.2) is 14.5 Å². The van der Waals surface area contributed by atoms with Crippen molar-refractivity contribution in [3.8, 4) is 5.69 Å². The van der Waals surface area contributed by atoms with Crippen molar-refractivity contribution in [2.45, 2.75) is 6.92 Å². The largest absolute Gasteiger partial charge is 0.402 e. The van der Waals surface area contributed by atoms with Crippen LogP contribution in [0.3, 0.4) is 0 Å². The standard InChI is InChI=1S/C24H16ClN3O2/c1-15-20(22(25)28(27-15)17-10-3-2-4-11-17)14-21-24(29)30-23(26-21)19-13-7-9-16-8-5-6-12-18(16)19/h2-14H,1H3. The maximum absolute atomic E-state index is 12.5. The molecule has 4 aromatic rings. The van der Waals surface area contributed by atoms with Crippen LogP contribution >= 0.6 is 11.6 Å². The van der Waals surface area contributed by atoms with E-state index in [1.165, 1.54) is 0 Å². The average molecular weight is 414 g/mol. The van der Waals surface area contributed by atoms with Crippen LogP contribution in [0.25, 0.3) is 22.5 Å². The molecule has 3 aromatic carbocycles. The van der Waals surface area contributed by atoms with Gasteiger partial charge in [0.25, 0.3) is 0 Å². The normalized spacial score (nSPS) is 14.9. The summed E-state index contributed by atoms with van der Waals surface area (Å²) in [6, 6.07) is 23.3. The predicted octanol–water partition coefficient (Wildman–Crippen LogP) is 5.33. The molecule has 0 fully saturated rings. The summed E-state index contributed by atoms with van der Waals surface area (Å²) in [6.45, 7) is 1.84. The zero-order valence-corrected chi connectivity index (χ0v) is 16.8. The molecule has 1 aromatic heterocycles. The summed E-state index contributed by atoms with van der Waals surface area (Å²) in [5.41, 5.74) is 3.13. The second-order valence-corrected chi connectivity index (χ2v) is 7.26. The van der Waals surface area contributed by atoms with Gasteiger partial charge in [0.1, 0.15) is 5.15 Å². The summed E-state index contributed by atoms with van der Waals surface area (Å²) in [7, 11) is 0. The van der Waals surface area contributed by atoms with E-state index in [2.05, 4.69) is 10.1 Å². The summed E-state index contributed by atoms with van der Waals surface area (Å²) < 4.78 is 7.12. The number of nitrogens with zero attached hydrogens (tertiary/aromatic N) is 3. The molecule has 0 saturated heterocycles. The van der Waals surface area contributed by atoms with E-state index < -0.39 is 5.97 Å². The first-order valence-electron chi connectivity index (χ1n) is 9.43. The van der Waals surface area contributed by atoms with Gasteiger partial charge in [-0.1, -0.05) is 66.2 Å². The molecule has 0 radical (unpaired) electrons. The van der Waals surface area contributed by atoms with Gasteiger partial charge in [-0.3, -0.25) is 0 Å². The first kappa shape index (κ1) is 18.3. The zero-order chi connectivity index (χ0) is 20.7. The Morgan fingerprint density at radius 2 is 1.70 bits per heavy atom. The van der Waals surface area contributed by atoms with Crippen molar-refractivity contribution in [1.29, 1.82) is 0 Å². The Labute approximate surface area is 177 Å².